The van der Waals surface area contributed by atoms with Crippen molar-refractivity contribution in [2.45, 2.75) is 30.1 Å². The van der Waals surface area contributed by atoms with Crippen molar-refractivity contribution >= 4 is 11.8 Å². The third kappa shape index (κ3) is 1.25. The third-order valence-corrected chi connectivity index (χ3v) is 3.43. The van der Waals surface area contributed by atoms with Crippen molar-refractivity contribution in [3.63, 3.8) is 0 Å². The van der Waals surface area contributed by atoms with E-state index in [1.807, 2.05) is 23.9 Å². The molecule has 12 heavy (non-hydrogen) atoms. The van der Waals surface area contributed by atoms with Crippen LogP contribution >= 0.6 is 11.8 Å². The predicted octanol–water partition coefficient (Wildman–Crippen LogP) is 2.22. The molecular weight excluding hydrogens is 168 g/mol. The Hall–Kier alpha value is -0.470. The molecule has 2 heteroatoms. The first-order valence-corrected chi connectivity index (χ1v) is 5.07. The summed E-state index contributed by atoms with van der Waals surface area (Å²) >= 11 is 1.91. The Morgan fingerprint density at radius 1 is 1.58 bits per heavy atom. The van der Waals surface area contributed by atoms with Gasteiger partial charge in [-0.1, -0.05) is 19.1 Å². The van der Waals surface area contributed by atoms with E-state index in [4.69, 9.17) is 5.11 Å². The van der Waals surface area contributed by atoms with E-state index in [0.29, 0.717) is 5.25 Å². The molecule has 0 aromatic heterocycles. The fourth-order valence-electron chi connectivity index (χ4n) is 1.65. The van der Waals surface area contributed by atoms with Gasteiger partial charge in [0.1, 0.15) is 0 Å². The summed E-state index contributed by atoms with van der Waals surface area (Å²) in [6.45, 7) is 2.41. The minimum Gasteiger partial charge on any atom is -0.392 e. The van der Waals surface area contributed by atoms with Crippen molar-refractivity contribution in [3.8, 4) is 0 Å². The van der Waals surface area contributed by atoms with Gasteiger partial charge in [0, 0.05) is 10.1 Å². The summed E-state index contributed by atoms with van der Waals surface area (Å²) in [6.07, 6.45) is 1.11. The number of benzene rings is 1. The lowest BCUT2D eigenvalue weighted by molar-refractivity contribution is 0.280. The summed E-state index contributed by atoms with van der Waals surface area (Å²) < 4.78 is 0. The number of thioether (sulfide) groups is 1. The molecule has 0 radical (unpaired) electrons. The van der Waals surface area contributed by atoms with Gasteiger partial charge in [-0.3, -0.25) is 0 Å². The summed E-state index contributed by atoms with van der Waals surface area (Å²) in [5, 5.41) is 9.75. The Morgan fingerprint density at radius 2 is 2.42 bits per heavy atom. The van der Waals surface area contributed by atoms with Crippen LogP contribution in [0.1, 0.15) is 18.1 Å². The molecule has 1 N–H and O–H groups in total. The fourth-order valence-corrected chi connectivity index (χ4v) is 2.84. The number of fused-ring (bicyclic) bond motifs is 1. The monoisotopic (exact) mass is 180 g/mol. The first-order chi connectivity index (χ1) is 5.81. The van der Waals surface area contributed by atoms with Crippen LogP contribution in [-0.4, -0.2) is 10.4 Å². The molecule has 1 aromatic rings. The molecule has 0 saturated carbocycles. The quantitative estimate of drug-likeness (QED) is 0.715. The lowest BCUT2D eigenvalue weighted by Crippen LogP contribution is -1.96. The molecule has 0 amide bonds. The highest BCUT2D eigenvalue weighted by molar-refractivity contribution is 8.00. The molecule has 1 aromatic carbocycles. The maximum Gasteiger partial charge on any atom is 0.0684 e. The van der Waals surface area contributed by atoms with E-state index < -0.39 is 0 Å². The zero-order valence-corrected chi connectivity index (χ0v) is 7.90. The summed E-state index contributed by atoms with van der Waals surface area (Å²) in [4.78, 5) is 1.36. The van der Waals surface area contributed by atoms with E-state index in [1.54, 1.807) is 0 Å². The number of hydrogen-bond donors (Lipinski definition) is 1. The van der Waals surface area contributed by atoms with Crippen molar-refractivity contribution < 1.29 is 5.11 Å². The lowest BCUT2D eigenvalue weighted by Gasteiger charge is -2.02. The molecule has 2 rings (SSSR count). The Kier molecular flexibility index (Phi) is 2.11. The molecule has 0 aliphatic carbocycles. The SMILES string of the molecule is CC1Cc2c(CO)cccc2S1. The number of rotatable bonds is 1. The van der Waals surface area contributed by atoms with E-state index in [0.717, 1.165) is 12.0 Å². The number of aliphatic hydroxyl groups excluding tert-OH is 1. The molecule has 0 spiro atoms. The Labute approximate surface area is 76.8 Å². The molecule has 1 unspecified atom stereocenters. The molecule has 1 atom stereocenters. The van der Waals surface area contributed by atoms with Crippen molar-refractivity contribution in [1.29, 1.82) is 0 Å². The average molecular weight is 180 g/mol. The summed E-state index contributed by atoms with van der Waals surface area (Å²) in [7, 11) is 0. The molecule has 1 aliphatic rings. The Balaban J connectivity index is 2.44. The average Bonchev–Trinajstić information content (AvgIpc) is 2.44. The standard InChI is InChI=1S/C10H12OS/c1-7-5-9-8(6-11)3-2-4-10(9)12-7/h2-4,7,11H,5-6H2,1H3. The van der Waals surface area contributed by atoms with Gasteiger partial charge in [-0.25, -0.2) is 0 Å². The van der Waals surface area contributed by atoms with Crippen LogP contribution in [0.25, 0.3) is 0 Å². The molecule has 1 nitrogen and oxygen atoms in total. The van der Waals surface area contributed by atoms with Crippen LogP contribution in [0, 0.1) is 0 Å². The smallest absolute Gasteiger partial charge is 0.0684 e. The van der Waals surface area contributed by atoms with Gasteiger partial charge >= 0.3 is 0 Å². The van der Waals surface area contributed by atoms with Crippen LogP contribution < -0.4 is 0 Å². The van der Waals surface area contributed by atoms with Crippen LogP contribution in [0.5, 0.6) is 0 Å². The molecule has 1 aliphatic heterocycles. The van der Waals surface area contributed by atoms with Crippen LogP contribution in [0.4, 0.5) is 0 Å². The minimum absolute atomic E-state index is 0.177. The lowest BCUT2D eigenvalue weighted by atomic mass is 10.0. The van der Waals surface area contributed by atoms with Crippen LogP contribution in [0.2, 0.25) is 0 Å². The van der Waals surface area contributed by atoms with E-state index in [1.165, 1.54) is 10.5 Å². The van der Waals surface area contributed by atoms with Crippen molar-refractivity contribution in [2.24, 2.45) is 0 Å². The maximum absolute atomic E-state index is 9.08. The molecule has 0 saturated heterocycles. The third-order valence-electron chi connectivity index (χ3n) is 2.22. The van der Waals surface area contributed by atoms with E-state index in [9.17, 15) is 0 Å². The van der Waals surface area contributed by atoms with Crippen molar-refractivity contribution in [2.75, 3.05) is 0 Å². The summed E-state index contributed by atoms with van der Waals surface area (Å²) in [5.41, 5.74) is 2.46. The largest absolute Gasteiger partial charge is 0.392 e. The van der Waals surface area contributed by atoms with Gasteiger partial charge in [0.05, 0.1) is 6.61 Å². The zero-order valence-electron chi connectivity index (χ0n) is 7.08. The second-order valence-corrected chi connectivity index (χ2v) is 4.66. The summed E-state index contributed by atoms with van der Waals surface area (Å²) in [6, 6.07) is 6.18. The van der Waals surface area contributed by atoms with Crippen LogP contribution in [0.15, 0.2) is 23.1 Å². The highest BCUT2D eigenvalue weighted by atomic mass is 32.2. The maximum atomic E-state index is 9.08. The van der Waals surface area contributed by atoms with Gasteiger partial charge in [-0.15, -0.1) is 11.8 Å². The van der Waals surface area contributed by atoms with Gasteiger partial charge in [-0.2, -0.15) is 0 Å². The van der Waals surface area contributed by atoms with Crippen LogP contribution in [0.3, 0.4) is 0 Å². The molecule has 0 bridgehead atoms. The Morgan fingerprint density at radius 3 is 3.17 bits per heavy atom. The van der Waals surface area contributed by atoms with E-state index in [-0.39, 0.29) is 6.61 Å². The first kappa shape index (κ1) is 8.14. The summed E-state index contributed by atoms with van der Waals surface area (Å²) in [5.74, 6) is 0. The van der Waals surface area contributed by atoms with Gasteiger partial charge in [-0.05, 0) is 23.6 Å². The second kappa shape index (κ2) is 3.11. The number of aliphatic hydroxyl groups is 1. The predicted molar refractivity (Wildman–Crippen MR) is 51.4 cm³/mol. The Bertz CT molecular complexity index is 296. The highest BCUT2D eigenvalue weighted by Gasteiger charge is 2.20. The molecule has 1 heterocycles. The van der Waals surface area contributed by atoms with Gasteiger partial charge in [0.15, 0.2) is 0 Å². The van der Waals surface area contributed by atoms with Crippen LogP contribution in [-0.2, 0) is 13.0 Å². The fraction of sp³-hybridized carbons (Fsp3) is 0.400. The minimum atomic E-state index is 0.177. The van der Waals surface area contributed by atoms with Gasteiger partial charge in [0.25, 0.3) is 0 Å². The zero-order chi connectivity index (χ0) is 8.55. The van der Waals surface area contributed by atoms with Crippen molar-refractivity contribution in [3.05, 3.63) is 29.3 Å². The molecular formula is C10H12OS. The van der Waals surface area contributed by atoms with Gasteiger partial charge < -0.3 is 5.11 Å². The number of hydrogen-bond acceptors (Lipinski definition) is 2. The normalized spacial score (nSPS) is 21.0. The second-order valence-electron chi connectivity index (χ2n) is 3.18. The molecule has 0 fully saturated rings. The molecule has 64 valence electrons. The highest BCUT2D eigenvalue weighted by Crippen LogP contribution is 2.38. The van der Waals surface area contributed by atoms with E-state index >= 15 is 0 Å². The van der Waals surface area contributed by atoms with Crippen molar-refractivity contribution in [1.82, 2.24) is 0 Å². The first-order valence-electron chi connectivity index (χ1n) is 4.19. The van der Waals surface area contributed by atoms with Gasteiger partial charge in [0.2, 0.25) is 0 Å². The topological polar surface area (TPSA) is 20.2 Å². The van der Waals surface area contributed by atoms with E-state index in [2.05, 4.69) is 13.0 Å².